The molecule has 2 rings (SSSR count). The Morgan fingerprint density at radius 2 is 2.12 bits per heavy atom. The number of nitrogens with two attached hydrogens (primary N) is 1. The maximum atomic E-state index is 9.26. The number of hydrogen-bond acceptors (Lipinski definition) is 4. The number of rotatable bonds is 4. The molecular formula is C13H21N3O. The van der Waals surface area contributed by atoms with Crippen LogP contribution in [0, 0.1) is 0 Å². The third-order valence-electron chi connectivity index (χ3n) is 3.65. The van der Waals surface area contributed by atoms with Gasteiger partial charge in [0, 0.05) is 17.6 Å². The summed E-state index contributed by atoms with van der Waals surface area (Å²) in [4.78, 5) is 4.29. The minimum absolute atomic E-state index is 0.0149. The van der Waals surface area contributed by atoms with Crippen molar-refractivity contribution in [1.29, 1.82) is 0 Å². The average Bonchev–Trinajstić information content (AvgIpc) is 2.74. The molecule has 17 heavy (non-hydrogen) atoms. The minimum atomic E-state index is 0.0149. The molecule has 0 radical (unpaired) electrons. The van der Waals surface area contributed by atoms with Crippen LogP contribution in [0.3, 0.4) is 0 Å². The molecule has 0 saturated heterocycles. The molecule has 0 spiro atoms. The van der Waals surface area contributed by atoms with E-state index in [0.29, 0.717) is 12.4 Å². The van der Waals surface area contributed by atoms with Crippen molar-refractivity contribution in [1.82, 2.24) is 10.3 Å². The maximum absolute atomic E-state index is 9.26. The second-order valence-corrected chi connectivity index (χ2v) is 5.12. The molecule has 1 aromatic rings. The fourth-order valence-corrected chi connectivity index (χ4v) is 2.47. The first-order valence-corrected chi connectivity index (χ1v) is 6.23. The third-order valence-corrected chi connectivity index (χ3v) is 3.65. The van der Waals surface area contributed by atoms with Crippen molar-refractivity contribution < 1.29 is 5.11 Å². The Morgan fingerprint density at radius 1 is 1.41 bits per heavy atom. The van der Waals surface area contributed by atoms with Gasteiger partial charge in [-0.15, -0.1) is 0 Å². The average molecular weight is 235 g/mol. The predicted octanol–water partition coefficient (Wildman–Crippen LogP) is 1.58. The molecule has 1 aliphatic rings. The lowest BCUT2D eigenvalue weighted by molar-refractivity contribution is 0.278. The zero-order valence-corrected chi connectivity index (χ0v) is 10.4. The summed E-state index contributed by atoms with van der Waals surface area (Å²) in [6, 6.07) is 3.57. The second-order valence-electron chi connectivity index (χ2n) is 5.12. The number of nitrogen functional groups attached to an aromatic ring is 1. The monoisotopic (exact) mass is 235 g/mol. The van der Waals surface area contributed by atoms with Gasteiger partial charge in [0.15, 0.2) is 0 Å². The smallest absolute Gasteiger partial charge is 0.123 e. The molecule has 0 aliphatic heterocycles. The van der Waals surface area contributed by atoms with Crippen LogP contribution >= 0.6 is 0 Å². The molecule has 1 aliphatic carbocycles. The van der Waals surface area contributed by atoms with Crippen LogP contribution in [0.2, 0.25) is 0 Å². The Labute approximate surface area is 102 Å². The SMILES string of the molecule is CC1(NCc2nc(N)ccc2CO)CCCC1. The molecule has 1 heterocycles. The molecule has 0 bridgehead atoms. The van der Waals surface area contributed by atoms with E-state index in [9.17, 15) is 5.11 Å². The van der Waals surface area contributed by atoms with Crippen LogP contribution in [0.5, 0.6) is 0 Å². The summed E-state index contributed by atoms with van der Waals surface area (Å²) in [5.41, 5.74) is 7.62. The van der Waals surface area contributed by atoms with E-state index in [1.807, 2.05) is 6.07 Å². The highest BCUT2D eigenvalue weighted by Gasteiger charge is 2.27. The fraction of sp³-hybridized carbons (Fsp3) is 0.615. The zero-order chi connectivity index (χ0) is 12.3. The number of anilines is 1. The van der Waals surface area contributed by atoms with Gasteiger partial charge in [0.25, 0.3) is 0 Å². The number of aliphatic hydroxyl groups is 1. The summed E-state index contributed by atoms with van der Waals surface area (Å²) in [5.74, 6) is 0.510. The number of pyridine rings is 1. The van der Waals surface area contributed by atoms with Gasteiger partial charge in [0.05, 0.1) is 12.3 Å². The van der Waals surface area contributed by atoms with E-state index in [-0.39, 0.29) is 12.1 Å². The Kier molecular flexibility index (Phi) is 3.64. The van der Waals surface area contributed by atoms with Gasteiger partial charge in [-0.3, -0.25) is 0 Å². The summed E-state index contributed by atoms with van der Waals surface area (Å²) < 4.78 is 0. The van der Waals surface area contributed by atoms with Crippen molar-refractivity contribution in [3.63, 3.8) is 0 Å². The van der Waals surface area contributed by atoms with Crippen molar-refractivity contribution in [2.75, 3.05) is 5.73 Å². The molecule has 4 heteroatoms. The van der Waals surface area contributed by atoms with Crippen LogP contribution in [-0.2, 0) is 13.2 Å². The Bertz CT molecular complexity index is 386. The van der Waals surface area contributed by atoms with Crippen molar-refractivity contribution >= 4 is 5.82 Å². The number of nitrogens with one attached hydrogen (secondary N) is 1. The van der Waals surface area contributed by atoms with E-state index in [1.165, 1.54) is 25.7 Å². The standard InChI is InChI=1S/C13H21N3O/c1-13(6-2-3-7-13)15-8-11-10(9-17)4-5-12(14)16-11/h4-5,15,17H,2-3,6-9H2,1H3,(H2,14,16). The Balaban J connectivity index is 2.05. The fourth-order valence-electron chi connectivity index (χ4n) is 2.47. The van der Waals surface area contributed by atoms with Crippen LogP contribution in [0.25, 0.3) is 0 Å². The van der Waals surface area contributed by atoms with Crippen LogP contribution in [-0.4, -0.2) is 15.6 Å². The lowest BCUT2D eigenvalue weighted by Gasteiger charge is -2.25. The van der Waals surface area contributed by atoms with Crippen molar-refractivity contribution in [3.05, 3.63) is 23.4 Å². The summed E-state index contributed by atoms with van der Waals surface area (Å²) in [6.07, 6.45) is 5.01. The molecule has 1 fully saturated rings. The Morgan fingerprint density at radius 3 is 2.76 bits per heavy atom. The van der Waals surface area contributed by atoms with Crippen LogP contribution in [0.4, 0.5) is 5.82 Å². The van der Waals surface area contributed by atoms with E-state index in [0.717, 1.165) is 11.3 Å². The van der Waals surface area contributed by atoms with Crippen molar-refractivity contribution in [2.45, 2.75) is 51.3 Å². The van der Waals surface area contributed by atoms with Gasteiger partial charge >= 0.3 is 0 Å². The summed E-state index contributed by atoms with van der Waals surface area (Å²) >= 11 is 0. The normalized spacial score (nSPS) is 18.5. The third kappa shape index (κ3) is 2.96. The molecule has 4 nitrogen and oxygen atoms in total. The van der Waals surface area contributed by atoms with Gasteiger partial charge in [-0.2, -0.15) is 0 Å². The van der Waals surface area contributed by atoms with Crippen LogP contribution in [0.1, 0.15) is 43.9 Å². The quantitative estimate of drug-likeness (QED) is 0.741. The Hall–Kier alpha value is -1.13. The molecule has 1 aromatic heterocycles. The predicted molar refractivity (Wildman–Crippen MR) is 68.3 cm³/mol. The summed E-state index contributed by atoms with van der Waals surface area (Å²) in [6.45, 7) is 2.95. The molecule has 1 saturated carbocycles. The lowest BCUT2D eigenvalue weighted by atomic mass is 10.0. The summed E-state index contributed by atoms with van der Waals surface area (Å²) in [5, 5.41) is 12.8. The van der Waals surface area contributed by atoms with Gasteiger partial charge in [0.2, 0.25) is 0 Å². The second kappa shape index (κ2) is 5.02. The highest BCUT2D eigenvalue weighted by molar-refractivity contribution is 5.34. The van der Waals surface area contributed by atoms with E-state index in [4.69, 9.17) is 5.73 Å². The molecule has 94 valence electrons. The van der Waals surface area contributed by atoms with Gasteiger partial charge in [-0.25, -0.2) is 4.98 Å². The van der Waals surface area contributed by atoms with Gasteiger partial charge in [-0.1, -0.05) is 18.9 Å². The maximum Gasteiger partial charge on any atom is 0.123 e. The van der Waals surface area contributed by atoms with Gasteiger partial charge in [-0.05, 0) is 25.8 Å². The molecule has 0 amide bonds. The number of hydrogen-bond donors (Lipinski definition) is 3. The van der Waals surface area contributed by atoms with Gasteiger partial charge in [0.1, 0.15) is 5.82 Å². The first kappa shape index (κ1) is 12.3. The number of aromatic nitrogens is 1. The number of nitrogens with zero attached hydrogens (tertiary/aromatic N) is 1. The largest absolute Gasteiger partial charge is 0.392 e. The molecule has 0 atom stereocenters. The topological polar surface area (TPSA) is 71.2 Å². The molecular weight excluding hydrogens is 214 g/mol. The highest BCUT2D eigenvalue weighted by Crippen LogP contribution is 2.29. The molecule has 0 unspecified atom stereocenters. The first-order valence-electron chi connectivity index (χ1n) is 6.23. The van der Waals surface area contributed by atoms with Crippen LogP contribution < -0.4 is 11.1 Å². The van der Waals surface area contributed by atoms with Crippen molar-refractivity contribution in [2.24, 2.45) is 0 Å². The highest BCUT2D eigenvalue weighted by atomic mass is 16.3. The molecule has 4 N–H and O–H groups in total. The number of aliphatic hydroxyl groups excluding tert-OH is 1. The minimum Gasteiger partial charge on any atom is -0.392 e. The van der Waals surface area contributed by atoms with Crippen LogP contribution in [0.15, 0.2) is 12.1 Å². The molecule has 0 aromatic carbocycles. The first-order chi connectivity index (χ1) is 8.13. The van der Waals surface area contributed by atoms with E-state index >= 15 is 0 Å². The van der Waals surface area contributed by atoms with E-state index < -0.39 is 0 Å². The van der Waals surface area contributed by atoms with Gasteiger partial charge < -0.3 is 16.2 Å². The lowest BCUT2D eigenvalue weighted by Crippen LogP contribution is -2.39. The van der Waals surface area contributed by atoms with E-state index in [2.05, 4.69) is 17.2 Å². The zero-order valence-electron chi connectivity index (χ0n) is 10.4. The van der Waals surface area contributed by atoms with Crippen molar-refractivity contribution in [3.8, 4) is 0 Å². The van der Waals surface area contributed by atoms with E-state index in [1.54, 1.807) is 6.07 Å². The summed E-state index contributed by atoms with van der Waals surface area (Å²) in [7, 11) is 0.